The molecule has 0 saturated carbocycles. The Kier molecular flexibility index (Phi) is 11.1. The molecule has 1 radical (unpaired) electrons. The van der Waals surface area contributed by atoms with Crippen molar-refractivity contribution in [1.82, 2.24) is 0 Å². The van der Waals surface area contributed by atoms with Crippen molar-refractivity contribution in [2.75, 3.05) is 14.2 Å². The maximum atomic E-state index is 11.0. The second-order valence-corrected chi connectivity index (χ2v) is 4.19. The number of oxime groups is 3. The summed E-state index contributed by atoms with van der Waals surface area (Å²) in [5, 5.41) is 11.3. The van der Waals surface area contributed by atoms with Gasteiger partial charge in [0.15, 0.2) is 0 Å². The first-order chi connectivity index (χ1) is 10.6. The molecule has 0 saturated heterocycles. The summed E-state index contributed by atoms with van der Waals surface area (Å²) in [6.07, 6.45) is 1.74. The zero-order chi connectivity index (χ0) is 16.4. The van der Waals surface area contributed by atoms with E-state index in [4.69, 9.17) is 4.84 Å². The van der Waals surface area contributed by atoms with E-state index in [9.17, 15) is 4.79 Å². The van der Waals surface area contributed by atoms with Crippen molar-refractivity contribution in [3.8, 4) is 0 Å². The molecule has 0 unspecified atom stereocenters. The van der Waals surface area contributed by atoms with E-state index < -0.39 is 0 Å². The summed E-state index contributed by atoms with van der Waals surface area (Å²) in [6.45, 7) is 3.67. The summed E-state index contributed by atoms with van der Waals surface area (Å²) in [6, 6.07) is 7.14. The number of hydrogen-bond donors (Lipinski definition) is 0. The van der Waals surface area contributed by atoms with E-state index in [1.165, 1.54) is 14.2 Å². The molecule has 1 aromatic rings. The first kappa shape index (κ1) is 21.4. The Morgan fingerprint density at radius 3 is 2.26 bits per heavy atom. The fourth-order valence-electron chi connectivity index (χ4n) is 1.56. The van der Waals surface area contributed by atoms with Gasteiger partial charge in [-0.3, -0.25) is 0 Å². The van der Waals surface area contributed by atoms with Gasteiger partial charge in [0.2, 0.25) is 0 Å². The second-order valence-electron chi connectivity index (χ2n) is 4.19. The Bertz CT molecular complexity index is 600. The summed E-state index contributed by atoms with van der Waals surface area (Å²) in [7, 11) is 2.82. The van der Waals surface area contributed by atoms with E-state index in [0.29, 0.717) is 17.0 Å². The zero-order valence-corrected chi connectivity index (χ0v) is 16.4. The fraction of sp³-hybridized carbons (Fsp3) is 0.333. The Morgan fingerprint density at radius 1 is 1.04 bits per heavy atom. The minimum absolute atomic E-state index is 0. The van der Waals surface area contributed by atoms with Gasteiger partial charge in [-0.2, -0.15) is 0 Å². The molecule has 0 N–H and O–H groups in total. The van der Waals surface area contributed by atoms with Crippen molar-refractivity contribution in [2.24, 2.45) is 15.5 Å². The van der Waals surface area contributed by atoms with Crippen LogP contribution in [0.5, 0.6) is 0 Å². The van der Waals surface area contributed by atoms with Crippen molar-refractivity contribution in [2.45, 2.75) is 20.5 Å². The number of rotatable bonds is 8. The molecule has 0 aromatic heterocycles. The van der Waals surface area contributed by atoms with Crippen LogP contribution in [0.2, 0.25) is 0 Å². The number of benzene rings is 1. The van der Waals surface area contributed by atoms with E-state index >= 15 is 0 Å². The summed E-state index contributed by atoms with van der Waals surface area (Å²) >= 11 is 0. The molecule has 23 heavy (non-hydrogen) atoms. The summed E-state index contributed by atoms with van der Waals surface area (Å²) in [5.74, 6) is 0. The third-order valence-electron chi connectivity index (χ3n) is 2.73. The average Bonchev–Trinajstić information content (AvgIpc) is 2.53. The molecule has 0 aliphatic rings. The molecule has 0 heterocycles. The molecule has 121 valence electrons. The van der Waals surface area contributed by atoms with E-state index in [0.717, 1.165) is 5.56 Å². The van der Waals surface area contributed by atoms with E-state index in [2.05, 4.69) is 25.1 Å². The summed E-state index contributed by atoms with van der Waals surface area (Å²) in [4.78, 5) is 25.5. The molecule has 0 fully saturated rings. The minimum Gasteiger partial charge on any atom is -0.417 e. The van der Waals surface area contributed by atoms with Gasteiger partial charge < -0.3 is 19.3 Å². The second kappa shape index (κ2) is 11.9. The molecule has 0 amide bonds. The van der Waals surface area contributed by atoms with Gasteiger partial charge in [0.1, 0.15) is 32.2 Å². The van der Waals surface area contributed by atoms with Crippen molar-refractivity contribution in [1.29, 1.82) is 0 Å². The van der Waals surface area contributed by atoms with Gasteiger partial charge >= 0.3 is 0 Å². The van der Waals surface area contributed by atoms with Gasteiger partial charge in [0.05, 0.1) is 0 Å². The molecule has 0 aliphatic carbocycles. The van der Waals surface area contributed by atoms with Crippen LogP contribution in [-0.4, -0.2) is 37.6 Å². The van der Waals surface area contributed by atoms with Crippen LogP contribution in [0.15, 0.2) is 39.7 Å². The van der Waals surface area contributed by atoms with Gasteiger partial charge in [0, 0.05) is 39.0 Å². The van der Waals surface area contributed by atoms with Crippen molar-refractivity contribution in [3.63, 3.8) is 0 Å². The molecule has 0 spiro atoms. The van der Waals surface area contributed by atoms with E-state index in [-0.39, 0.29) is 45.0 Å². The van der Waals surface area contributed by atoms with Gasteiger partial charge in [0.25, 0.3) is 0 Å². The topological polar surface area (TPSA) is 81.8 Å². The van der Waals surface area contributed by atoms with Crippen LogP contribution in [0.3, 0.4) is 0 Å². The molecular formula is C15H18N3O4Y-. The van der Waals surface area contributed by atoms with Gasteiger partial charge in [-0.05, 0) is 19.6 Å². The molecule has 0 atom stereocenters. The van der Waals surface area contributed by atoms with E-state index in [1.54, 1.807) is 38.3 Å². The van der Waals surface area contributed by atoms with Crippen LogP contribution in [0.4, 0.5) is 0 Å². The predicted octanol–water partition coefficient (Wildman–Crippen LogP) is 2.06. The fourth-order valence-corrected chi connectivity index (χ4v) is 1.56. The van der Waals surface area contributed by atoms with Crippen molar-refractivity contribution >= 4 is 23.4 Å². The Labute approximate surface area is 160 Å². The molecule has 0 bridgehead atoms. The monoisotopic (exact) mass is 393 g/mol. The first-order valence-electron chi connectivity index (χ1n) is 6.46. The molecule has 7 nitrogen and oxygen atoms in total. The largest absolute Gasteiger partial charge is 0.417 e. The van der Waals surface area contributed by atoms with Gasteiger partial charge in [-0.15, -0.1) is 16.8 Å². The SMILES string of the molecule is CON=C(C)C(C)=NOCc1ccccc1C([C-]=O)=NOC.[Y]. The van der Waals surface area contributed by atoms with Crippen LogP contribution in [-0.2, 0) is 58.6 Å². The Balaban J connectivity index is 0.00000484. The third-order valence-corrected chi connectivity index (χ3v) is 2.73. The average molecular weight is 393 g/mol. The smallest absolute Gasteiger partial charge is 0.126 e. The zero-order valence-electron chi connectivity index (χ0n) is 13.6. The van der Waals surface area contributed by atoms with Crippen LogP contribution >= 0.6 is 0 Å². The van der Waals surface area contributed by atoms with E-state index in [1.807, 2.05) is 6.07 Å². The quantitative estimate of drug-likeness (QED) is 0.385. The van der Waals surface area contributed by atoms with Crippen LogP contribution < -0.4 is 0 Å². The summed E-state index contributed by atoms with van der Waals surface area (Å²) in [5.41, 5.74) is 2.58. The third kappa shape index (κ3) is 7.01. The minimum atomic E-state index is 0. The van der Waals surface area contributed by atoms with Crippen LogP contribution in [0.25, 0.3) is 0 Å². The summed E-state index contributed by atoms with van der Waals surface area (Å²) < 4.78 is 0. The first-order valence-corrected chi connectivity index (χ1v) is 6.46. The Morgan fingerprint density at radius 2 is 1.65 bits per heavy atom. The van der Waals surface area contributed by atoms with Crippen LogP contribution in [0.1, 0.15) is 25.0 Å². The molecule has 0 aliphatic heterocycles. The maximum absolute atomic E-state index is 11.0. The number of carbonyl (C=O) groups excluding carboxylic acids is 1. The van der Waals surface area contributed by atoms with Crippen molar-refractivity contribution in [3.05, 3.63) is 35.4 Å². The molecular weight excluding hydrogens is 375 g/mol. The van der Waals surface area contributed by atoms with Gasteiger partial charge in [-0.1, -0.05) is 34.1 Å². The number of nitrogens with zero attached hydrogens (tertiary/aromatic N) is 3. The Hall–Kier alpha value is -1.60. The number of hydrogen-bond acceptors (Lipinski definition) is 7. The molecule has 1 rings (SSSR count). The van der Waals surface area contributed by atoms with Gasteiger partial charge in [-0.25, -0.2) is 0 Å². The standard InChI is InChI=1S/C15H18N3O4.Y/c1-11(16-20-3)12(2)17-22-10-13-7-5-6-8-14(13)15(9-19)18-21-4;/h5-8H,10H2,1-4H3;/q-1;. The molecule has 1 aromatic carbocycles. The maximum Gasteiger partial charge on any atom is 0.126 e. The van der Waals surface area contributed by atoms with Crippen LogP contribution in [0, 0.1) is 0 Å². The molecule has 8 heteroatoms. The van der Waals surface area contributed by atoms with Crippen molar-refractivity contribution < 1.29 is 52.0 Å². The predicted molar refractivity (Wildman–Crippen MR) is 83.7 cm³/mol. The normalized spacial score (nSPS) is 12.3.